The molecule has 71 heavy (non-hydrogen) atoms. The molecule has 4 aromatic rings. The van der Waals surface area contributed by atoms with E-state index in [1.54, 1.807) is 0 Å². The lowest BCUT2D eigenvalue weighted by atomic mass is 9.98. The molecule has 0 amide bonds. The Balaban J connectivity index is 1.28. The van der Waals surface area contributed by atoms with Crippen LogP contribution in [0.5, 0.6) is 34.5 Å². The SMILES string of the molecule is COc1cc(C=CC(=O)OC[C@@H]2O[C@H](O[C@@]3(COC(=O)C=Cc4ccc(O)c(OC)c4)O[C@H](COC(=O)C=Cc4ccc(O)cc4)[C@@H](O)[C@@H]3OC(=O)C=Cc3ccc(O)cc3)[C@@H](O)[C@H](O)[C@H]2O)ccc1O. The van der Waals surface area contributed by atoms with Gasteiger partial charge in [0.1, 0.15) is 67.9 Å². The minimum Gasteiger partial charge on any atom is -0.508 e. The van der Waals surface area contributed by atoms with E-state index in [9.17, 15) is 60.0 Å². The average Bonchev–Trinajstić information content (AvgIpc) is 3.62. The molecule has 2 saturated heterocycles. The Morgan fingerprint density at radius 2 is 0.972 bits per heavy atom. The molecule has 21 heteroatoms. The molecule has 2 aliphatic rings. The fourth-order valence-electron chi connectivity index (χ4n) is 6.97. The summed E-state index contributed by atoms with van der Waals surface area (Å²) >= 11 is 0. The summed E-state index contributed by atoms with van der Waals surface area (Å²) in [4.78, 5) is 52.6. The molecule has 4 aromatic carbocycles. The first-order valence-corrected chi connectivity index (χ1v) is 21.5. The fraction of sp³-hybridized carbons (Fsp3) is 0.280. The molecule has 21 nitrogen and oxygen atoms in total. The maximum absolute atomic E-state index is 13.5. The molecular formula is C50H50O21. The van der Waals surface area contributed by atoms with E-state index in [4.69, 9.17) is 42.6 Å². The van der Waals surface area contributed by atoms with E-state index in [-0.39, 0.29) is 34.5 Å². The van der Waals surface area contributed by atoms with Crippen LogP contribution in [0.1, 0.15) is 22.3 Å². The van der Waals surface area contributed by atoms with E-state index >= 15 is 0 Å². The van der Waals surface area contributed by atoms with E-state index < -0.39 is 98.5 Å². The monoisotopic (exact) mass is 986 g/mol. The van der Waals surface area contributed by atoms with Crippen molar-refractivity contribution in [3.8, 4) is 34.5 Å². The molecular weight excluding hydrogens is 937 g/mol. The van der Waals surface area contributed by atoms with Gasteiger partial charge in [-0.3, -0.25) is 0 Å². The summed E-state index contributed by atoms with van der Waals surface area (Å²) in [6.07, 6.45) is -6.40. The highest BCUT2D eigenvalue weighted by molar-refractivity contribution is 5.89. The molecule has 0 radical (unpaired) electrons. The zero-order valence-corrected chi connectivity index (χ0v) is 37.8. The second kappa shape index (κ2) is 24.2. The summed E-state index contributed by atoms with van der Waals surface area (Å²) in [7, 11) is 2.66. The van der Waals surface area contributed by atoms with E-state index in [2.05, 4.69) is 0 Å². The largest absolute Gasteiger partial charge is 0.508 e. The summed E-state index contributed by atoms with van der Waals surface area (Å²) in [6, 6.07) is 19.9. The molecule has 2 fully saturated rings. The van der Waals surface area contributed by atoms with Crippen LogP contribution in [0.3, 0.4) is 0 Å². The highest BCUT2D eigenvalue weighted by Gasteiger charge is 2.62. The van der Waals surface area contributed by atoms with Gasteiger partial charge in [-0.1, -0.05) is 36.4 Å². The topological polar surface area (TPSA) is 313 Å². The second-order valence-corrected chi connectivity index (χ2v) is 15.7. The van der Waals surface area contributed by atoms with Crippen LogP contribution < -0.4 is 9.47 Å². The number of carbonyl (C=O) groups excluding carboxylic acids is 4. The standard InChI is InChI=1S/C50H50O21/c1-63-36-23-30(7-17-34(36)53)11-20-41(56)65-25-38-44(59)46(61)47(62)49(68-38)71-50(27-67-42(57)21-12-31-8-18-35(54)37(24-31)64-2)48(69-43(58)22-10-29-5-15-33(52)16-6-29)45(60)39(70-50)26-66-40(55)19-9-28-3-13-32(51)14-4-28/h3-24,38-39,44-49,51-54,59-62H,25-27H2,1-2H3/t38-,39+,44-,45+,46+,47-,48-,49+,50+/m0/s1. The Morgan fingerprint density at radius 3 is 1.46 bits per heavy atom. The fourth-order valence-corrected chi connectivity index (χ4v) is 6.97. The Bertz CT molecular complexity index is 2610. The van der Waals surface area contributed by atoms with Gasteiger partial charge >= 0.3 is 23.9 Å². The van der Waals surface area contributed by atoms with Gasteiger partial charge in [0.25, 0.3) is 0 Å². The number of hydrogen-bond donors (Lipinski definition) is 8. The van der Waals surface area contributed by atoms with Gasteiger partial charge in [0.05, 0.1) is 14.2 Å². The van der Waals surface area contributed by atoms with E-state index in [1.165, 1.54) is 123 Å². The molecule has 2 heterocycles. The number of benzene rings is 4. The number of phenolic OH excluding ortho intramolecular Hbond substituents is 4. The quantitative estimate of drug-likeness (QED) is 0.0380. The van der Waals surface area contributed by atoms with Crippen LogP contribution in [-0.4, -0.2) is 154 Å². The predicted octanol–water partition coefficient (Wildman–Crippen LogP) is 2.50. The predicted molar refractivity (Wildman–Crippen MR) is 246 cm³/mol. The van der Waals surface area contributed by atoms with Crippen molar-refractivity contribution in [2.24, 2.45) is 0 Å². The number of rotatable bonds is 19. The smallest absolute Gasteiger partial charge is 0.331 e. The van der Waals surface area contributed by atoms with Crippen molar-refractivity contribution in [1.82, 2.24) is 0 Å². The average molecular weight is 987 g/mol. The van der Waals surface area contributed by atoms with Crippen molar-refractivity contribution >= 4 is 48.2 Å². The van der Waals surface area contributed by atoms with Crippen molar-refractivity contribution in [2.75, 3.05) is 34.0 Å². The number of aromatic hydroxyl groups is 4. The molecule has 2 aliphatic heterocycles. The van der Waals surface area contributed by atoms with Gasteiger partial charge in [0, 0.05) is 24.3 Å². The molecule has 0 saturated carbocycles. The number of methoxy groups -OCH3 is 2. The number of aliphatic hydroxyl groups excluding tert-OH is 4. The first kappa shape index (κ1) is 52.6. The van der Waals surface area contributed by atoms with Crippen LogP contribution in [0.15, 0.2) is 109 Å². The lowest BCUT2D eigenvalue weighted by molar-refractivity contribution is -0.383. The third-order valence-corrected chi connectivity index (χ3v) is 10.7. The molecule has 0 unspecified atom stereocenters. The van der Waals surface area contributed by atoms with Crippen molar-refractivity contribution in [2.45, 2.75) is 54.8 Å². The van der Waals surface area contributed by atoms with E-state index in [1.807, 2.05) is 0 Å². The second-order valence-electron chi connectivity index (χ2n) is 15.7. The Labute approximate surface area is 404 Å². The maximum Gasteiger partial charge on any atom is 0.331 e. The van der Waals surface area contributed by atoms with Crippen LogP contribution >= 0.6 is 0 Å². The molecule has 8 N–H and O–H groups in total. The zero-order chi connectivity index (χ0) is 51.2. The summed E-state index contributed by atoms with van der Waals surface area (Å²) in [5.74, 6) is -7.02. The van der Waals surface area contributed by atoms with Crippen LogP contribution in [0.2, 0.25) is 0 Å². The number of phenols is 4. The van der Waals surface area contributed by atoms with Gasteiger partial charge < -0.3 is 83.5 Å². The summed E-state index contributed by atoms with van der Waals surface area (Å²) in [6.45, 7) is -2.62. The Hall–Kier alpha value is -7.76. The molecule has 0 bridgehead atoms. The minimum absolute atomic E-state index is 0.0121. The molecule has 6 rings (SSSR count). The van der Waals surface area contributed by atoms with Gasteiger partial charge in [-0.25, -0.2) is 19.2 Å². The zero-order valence-electron chi connectivity index (χ0n) is 37.8. The lowest BCUT2D eigenvalue weighted by Gasteiger charge is -2.43. The number of ether oxygens (including phenoxy) is 9. The van der Waals surface area contributed by atoms with E-state index in [0.29, 0.717) is 22.3 Å². The molecule has 0 aliphatic carbocycles. The Morgan fingerprint density at radius 1 is 0.535 bits per heavy atom. The molecule has 376 valence electrons. The number of esters is 4. The van der Waals surface area contributed by atoms with Gasteiger partial charge in [-0.05, 0) is 95.1 Å². The molecule has 0 aromatic heterocycles. The van der Waals surface area contributed by atoms with Crippen molar-refractivity contribution < 1.29 is 103 Å². The van der Waals surface area contributed by atoms with Crippen molar-refractivity contribution in [3.05, 3.63) is 131 Å². The van der Waals surface area contributed by atoms with Gasteiger partial charge in [-0.15, -0.1) is 0 Å². The van der Waals surface area contributed by atoms with Gasteiger partial charge in [0.15, 0.2) is 35.4 Å². The number of aliphatic hydroxyl groups is 4. The third kappa shape index (κ3) is 14.2. The Kier molecular flexibility index (Phi) is 17.9. The maximum atomic E-state index is 13.5. The molecule has 0 spiro atoms. The number of hydrogen-bond acceptors (Lipinski definition) is 21. The lowest BCUT2D eigenvalue weighted by Crippen LogP contribution is -2.63. The first-order valence-electron chi connectivity index (χ1n) is 21.5. The van der Waals surface area contributed by atoms with Crippen molar-refractivity contribution in [1.29, 1.82) is 0 Å². The van der Waals surface area contributed by atoms with Gasteiger partial charge in [-0.2, -0.15) is 0 Å². The molecule has 9 atom stereocenters. The van der Waals surface area contributed by atoms with Crippen LogP contribution in [0.25, 0.3) is 24.3 Å². The van der Waals surface area contributed by atoms with Crippen LogP contribution in [0.4, 0.5) is 0 Å². The van der Waals surface area contributed by atoms with Crippen molar-refractivity contribution in [3.63, 3.8) is 0 Å². The highest BCUT2D eigenvalue weighted by Crippen LogP contribution is 2.39. The normalized spacial score (nSPS) is 24.3. The van der Waals surface area contributed by atoms with Crippen LogP contribution in [0, 0.1) is 0 Å². The van der Waals surface area contributed by atoms with E-state index in [0.717, 1.165) is 24.3 Å². The summed E-state index contributed by atoms with van der Waals surface area (Å²) < 4.78 is 50.2. The van der Waals surface area contributed by atoms with Crippen LogP contribution in [-0.2, 0) is 52.3 Å². The summed E-state index contributed by atoms with van der Waals surface area (Å²) in [5.41, 5.74) is 1.74. The first-order chi connectivity index (χ1) is 34.0. The number of carbonyl (C=O) groups is 4. The minimum atomic E-state index is -2.71. The third-order valence-electron chi connectivity index (χ3n) is 10.7. The highest BCUT2D eigenvalue weighted by atomic mass is 16.8. The van der Waals surface area contributed by atoms with Gasteiger partial charge in [0.2, 0.25) is 5.79 Å². The summed E-state index contributed by atoms with van der Waals surface area (Å²) in [5, 5.41) is 84.2.